The van der Waals surface area contributed by atoms with Crippen molar-refractivity contribution in [3.8, 4) is 5.75 Å². The molecule has 0 aromatic heterocycles. The number of amides is 1. The van der Waals surface area contributed by atoms with Gasteiger partial charge >= 0.3 is 0 Å². The number of ether oxygens (including phenoxy) is 1. The molecule has 1 N–H and O–H groups in total. The summed E-state index contributed by atoms with van der Waals surface area (Å²) in [6.07, 6.45) is 3.14. The third-order valence-electron chi connectivity index (χ3n) is 3.99. The molecule has 2 aliphatic rings. The van der Waals surface area contributed by atoms with Gasteiger partial charge < -0.3 is 10.1 Å². The third kappa shape index (κ3) is 1.90. The minimum absolute atomic E-state index is 0.0971. The molecule has 0 aliphatic heterocycles. The van der Waals surface area contributed by atoms with Gasteiger partial charge in [0.1, 0.15) is 5.75 Å². The van der Waals surface area contributed by atoms with Crippen molar-refractivity contribution in [1.82, 2.24) is 5.32 Å². The second-order valence-corrected chi connectivity index (χ2v) is 5.12. The van der Waals surface area contributed by atoms with Gasteiger partial charge in [0.2, 0.25) is 5.91 Å². The maximum absolute atomic E-state index is 11.7. The highest BCUT2D eigenvalue weighted by Gasteiger charge is 2.74. The van der Waals surface area contributed by atoms with Crippen molar-refractivity contribution in [2.45, 2.75) is 19.3 Å². The van der Waals surface area contributed by atoms with Crippen molar-refractivity contribution in [3.63, 3.8) is 0 Å². The monoisotopic (exact) mass is 231 g/mol. The van der Waals surface area contributed by atoms with Gasteiger partial charge in [0.05, 0.1) is 12.5 Å². The number of fused-ring (bicyclic) bond motifs is 1. The van der Waals surface area contributed by atoms with Crippen molar-refractivity contribution in [1.29, 1.82) is 0 Å². The highest BCUT2D eigenvalue weighted by Crippen LogP contribution is 2.75. The van der Waals surface area contributed by atoms with Crippen LogP contribution in [0.1, 0.15) is 18.4 Å². The van der Waals surface area contributed by atoms with Crippen LogP contribution in [0.15, 0.2) is 24.3 Å². The summed E-state index contributed by atoms with van der Waals surface area (Å²) in [6, 6.07) is 7.99. The van der Waals surface area contributed by atoms with Crippen LogP contribution >= 0.6 is 0 Å². The largest absolute Gasteiger partial charge is 0.497 e. The lowest BCUT2D eigenvalue weighted by atomic mass is 10.1. The first-order chi connectivity index (χ1) is 8.24. The predicted molar refractivity (Wildman–Crippen MR) is 64.9 cm³/mol. The van der Waals surface area contributed by atoms with E-state index >= 15 is 0 Å². The maximum Gasteiger partial charge on any atom is 0.226 e. The summed E-state index contributed by atoms with van der Waals surface area (Å²) in [5, 5.41) is 3.03. The minimum Gasteiger partial charge on any atom is -0.497 e. The fourth-order valence-corrected chi connectivity index (χ4v) is 2.36. The second kappa shape index (κ2) is 3.76. The Kier molecular flexibility index (Phi) is 2.35. The SMILES string of the molecule is COc1ccc(CCNC(=O)C23CC2C3)cc1. The first-order valence-corrected chi connectivity index (χ1v) is 6.16. The molecular formula is C14H17NO2. The summed E-state index contributed by atoms with van der Waals surface area (Å²) < 4.78 is 5.10. The summed E-state index contributed by atoms with van der Waals surface area (Å²) in [6.45, 7) is 0.736. The molecule has 1 aromatic rings. The van der Waals surface area contributed by atoms with E-state index in [1.807, 2.05) is 24.3 Å². The van der Waals surface area contributed by atoms with Crippen molar-refractivity contribution in [3.05, 3.63) is 29.8 Å². The van der Waals surface area contributed by atoms with Gasteiger partial charge in [0.25, 0.3) is 0 Å². The zero-order valence-corrected chi connectivity index (χ0v) is 10.0. The van der Waals surface area contributed by atoms with Crippen molar-refractivity contribution in [2.24, 2.45) is 11.3 Å². The smallest absolute Gasteiger partial charge is 0.226 e. The Balaban J connectivity index is 1.45. The number of methoxy groups -OCH3 is 1. The molecule has 0 heterocycles. The Labute approximate surface area is 101 Å². The highest BCUT2D eigenvalue weighted by atomic mass is 16.5. The van der Waals surface area contributed by atoms with Crippen LogP contribution < -0.4 is 10.1 Å². The van der Waals surface area contributed by atoms with Crippen LogP contribution in [0, 0.1) is 11.3 Å². The topological polar surface area (TPSA) is 38.3 Å². The molecule has 0 atom stereocenters. The van der Waals surface area contributed by atoms with E-state index < -0.39 is 0 Å². The first kappa shape index (κ1) is 10.6. The Morgan fingerprint density at radius 2 is 2.06 bits per heavy atom. The molecule has 0 saturated heterocycles. The summed E-state index contributed by atoms with van der Waals surface area (Å²) in [7, 11) is 1.66. The summed E-state index contributed by atoms with van der Waals surface area (Å²) in [4.78, 5) is 11.7. The molecule has 17 heavy (non-hydrogen) atoms. The van der Waals surface area contributed by atoms with Crippen LogP contribution in [0.4, 0.5) is 0 Å². The van der Waals surface area contributed by atoms with Crippen LogP contribution in [-0.2, 0) is 11.2 Å². The van der Waals surface area contributed by atoms with Crippen molar-refractivity contribution >= 4 is 5.91 Å². The Hall–Kier alpha value is -1.51. The number of nitrogens with one attached hydrogen (secondary N) is 1. The molecule has 0 unspecified atom stereocenters. The maximum atomic E-state index is 11.7. The van der Waals surface area contributed by atoms with E-state index in [9.17, 15) is 4.79 Å². The molecule has 0 spiro atoms. The standard InChI is InChI=1S/C14H17NO2/c1-17-12-4-2-10(3-5-12)6-7-15-13(16)14-8-11(14)9-14/h2-5,11H,6-9H2,1H3,(H,15,16). The molecule has 1 amide bonds. The second-order valence-electron chi connectivity index (χ2n) is 5.12. The van der Waals surface area contributed by atoms with E-state index in [2.05, 4.69) is 5.32 Å². The van der Waals surface area contributed by atoms with E-state index in [-0.39, 0.29) is 11.3 Å². The van der Waals surface area contributed by atoms with Crippen molar-refractivity contribution in [2.75, 3.05) is 13.7 Å². The van der Waals surface area contributed by atoms with Gasteiger partial charge in [-0.25, -0.2) is 0 Å². The summed E-state index contributed by atoms with van der Waals surface area (Å²) >= 11 is 0. The number of hydrogen-bond acceptors (Lipinski definition) is 2. The van der Waals surface area contributed by atoms with Crippen LogP contribution in [0.25, 0.3) is 0 Å². The lowest BCUT2D eigenvalue weighted by molar-refractivity contribution is -0.124. The number of carbonyl (C=O) groups is 1. The zero-order chi connectivity index (χ0) is 11.9. The van der Waals surface area contributed by atoms with Gasteiger partial charge in [-0.1, -0.05) is 12.1 Å². The van der Waals surface area contributed by atoms with Crippen LogP contribution in [0.2, 0.25) is 0 Å². The van der Waals surface area contributed by atoms with Gasteiger partial charge in [-0.15, -0.1) is 0 Å². The molecule has 2 aliphatic carbocycles. The van der Waals surface area contributed by atoms with E-state index in [1.165, 1.54) is 5.56 Å². The quantitative estimate of drug-likeness (QED) is 0.838. The van der Waals surface area contributed by atoms with Crippen LogP contribution in [-0.4, -0.2) is 19.6 Å². The van der Waals surface area contributed by atoms with Crippen molar-refractivity contribution < 1.29 is 9.53 Å². The number of carbonyl (C=O) groups excluding carboxylic acids is 1. The molecule has 2 saturated carbocycles. The van der Waals surface area contributed by atoms with Gasteiger partial charge in [-0.2, -0.15) is 0 Å². The highest BCUT2D eigenvalue weighted by molar-refractivity contribution is 5.89. The fraction of sp³-hybridized carbons (Fsp3) is 0.500. The van der Waals surface area contributed by atoms with E-state index in [1.54, 1.807) is 7.11 Å². The molecule has 90 valence electrons. The Bertz CT molecular complexity index is 432. The Morgan fingerprint density at radius 1 is 1.41 bits per heavy atom. The molecule has 3 rings (SSSR count). The number of benzene rings is 1. The fourth-order valence-electron chi connectivity index (χ4n) is 2.36. The first-order valence-electron chi connectivity index (χ1n) is 6.16. The molecule has 3 nitrogen and oxygen atoms in total. The van der Waals surface area contributed by atoms with Crippen LogP contribution in [0.3, 0.4) is 0 Å². The van der Waals surface area contributed by atoms with Gasteiger partial charge in [-0.05, 0) is 42.9 Å². The zero-order valence-electron chi connectivity index (χ0n) is 10.0. The third-order valence-corrected chi connectivity index (χ3v) is 3.99. The lowest BCUT2D eigenvalue weighted by Crippen LogP contribution is -2.29. The normalized spacial score (nSPS) is 28.2. The van der Waals surface area contributed by atoms with E-state index in [0.29, 0.717) is 0 Å². The van der Waals surface area contributed by atoms with E-state index in [0.717, 1.165) is 37.5 Å². The molecule has 1 aromatic carbocycles. The molecule has 2 fully saturated rings. The summed E-state index contributed by atoms with van der Waals surface area (Å²) in [5.41, 5.74) is 1.33. The average Bonchev–Trinajstić information content (AvgIpc) is 3.18. The molecule has 3 heteroatoms. The number of hydrogen-bond donors (Lipinski definition) is 1. The Morgan fingerprint density at radius 3 is 2.59 bits per heavy atom. The number of rotatable bonds is 5. The van der Waals surface area contributed by atoms with E-state index in [4.69, 9.17) is 4.74 Å². The van der Waals surface area contributed by atoms with Gasteiger partial charge in [-0.3, -0.25) is 4.79 Å². The van der Waals surface area contributed by atoms with Gasteiger partial charge in [0, 0.05) is 6.54 Å². The molecule has 0 radical (unpaired) electrons. The molecular weight excluding hydrogens is 214 g/mol. The van der Waals surface area contributed by atoms with Crippen LogP contribution in [0.5, 0.6) is 5.75 Å². The average molecular weight is 231 g/mol. The lowest BCUT2D eigenvalue weighted by Gasteiger charge is -2.07. The molecule has 0 bridgehead atoms. The predicted octanol–water partition coefficient (Wildman–Crippen LogP) is 1.76. The minimum atomic E-state index is 0.0971. The van der Waals surface area contributed by atoms with Gasteiger partial charge in [0.15, 0.2) is 0 Å². The summed E-state index contributed by atoms with van der Waals surface area (Å²) in [5.74, 6) is 1.87.